The molecule has 9 nitrogen and oxygen atoms in total. The highest BCUT2D eigenvalue weighted by molar-refractivity contribution is 6.30. The molecule has 0 aromatic heterocycles. The van der Waals surface area contributed by atoms with E-state index in [0.717, 1.165) is 12.1 Å². The molecule has 13 heteroatoms. The molecule has 3 aliphatic heterocycles. The number of nitrogens with zero attached hydrogens (tertiary/aromatic N) is 2. The van der Waals surface area contributed by atoms with Crippen LogP contribution in [-0.4, -0.2) is 76.7 Å². The van der Waals surface area contributed by atoms with Crippen molar-refractivity contribution in [1.29, 1.82) is 0 Å². The average molecular weight is 479 g/mol. The molecule has 3 aliphatic rings. The standard InChI is InChI=1S/C19H22ClF3N4O5/c1-31-26-15-11-6-7-27(16(11)25-8-24-15)17-13(29)12(28)14(32-17)18(30,19(21,22)23)9-2-4-10(20)5-3-9/h2-7,11-14,16-17,25,28-30H,8H2,1H3,(H,24,26)/t11?,12-,13+,14?,16?,17+,18+/m0/s1. The molecule has 5 N–H and O–H groups in total. The Morgan fingerprint density at radius 3 is 2.56 bits per heavy atom. The summed E-state index contributed by atoms with van der Waals surface area (Å²) in [6, 6.07) is 4.37. The number of hydroxylamine groups is 1. The van der Waals surface area contributed by atoms with E-state index in [9.17, 15) is 28.5 Å². The summed E-state index contributed by atoms with van der Waals surface area (Å²) >= 11 is 5.77. The van der Waals surface area contributed by atoms with Gasteiger partial charge in [0.1, 0.15) is 24.1 Å². The third-order valence-corrected chi connectivity index (χ3v) is 6.11. The Balaban J connectivity index is 1.63. The van der Waals surface area contributed by atoms with E-state index >= 15 is 0 Å². The second-order valence-electron chi connectivity index (χ2n) is 7.67. The zero-order valence-electron chi connectivity index (χ0n) is 16.7. The monoisotopic (exact) mass is 478 g/mol. The molecule has 3 unspecified atom stereocenters. The van der Waals surface area contributed by atoms with Gasteiger partial charge < -0.3 is 25.0 Å². The predicted octanol–water partition coefficient (Wildman–Crippen LogP) is 0.418. The SMILES string of the molecule is CONC1=NCNC2C1C=CN2[C@@H]1OC([C@](O)(c2ccc(Cl)cc2)C(F)(F)F)[C@@H](O)[C@H]1O. The molecule has 1 saturated heterocycles. The van der Waals surface area contributed by atoms with E-state index in [1.165, 1.54) is 30.3 Å². The van der Waals surface area contributed by atoms with Crippen molar-refractivity contribution in [3.8, 4) is 0 Å². The van der Waals surface area contributed by atoms with Crippen LogP contribution in [0.3, 0.4) is 0 Å². The fraction of sp³-hybridized carbons (Fsp3) is 0.526. The fourth-order valence-corrected chi connectivity index (χ4v) is 4.40. The predicted molar refractivity (Wildman–Crippen MR) is 106 cm³/mol. The Morgan fingerprint density at radius 1 is 1.25 bits per heavy atom. The zero-order valence-corrected chi connectivity index (χ0v) is 17.5. The van der Waals surface area contributed by atoms with E-state index in [0.29, 0.717) is 5.84 Å². The molecule has 0 spiro atoms. The summed E-state index contributed by atoms with van der Waals surface area (Å²) in [6.45, 7) is 0.178. The van der Waals surface area contributed by atoms with Crippen LogP contribution in [0.15, 0.2) is 41.5 Å². The molecule has 3 heterocycles. The minimum atomic E-state index is -5.23. The smallest absolute Gasteiger partial charge is 0.387 e. The summed E-state index contributed by atoms with van der Waals surface area (Å²) in [5, 5.41) is 35.2. The Kier molecular flexibility index (Phi) is 6.13. The highest BCUT2D eigenvalue weighted by atomic mass is 35.5. The van der Waals surface area contributed by atoms with Gasteiger partial charge in [0.05, 0.1) is 25.9 Å². The molecule has 1 aromatic rings. The molecule has 0 bridgehead atoms. The lowest BCUT2D eigenvalue weighted by molar-refractivity contribution is -0.311. The van der Waals surface area contributed by atoms with Gasteiger partial charge in [-0.15, -0.1) is 0 Å². The molecule has 7 atom stereocenters. The maximum atomic E-state index is 14.1. The van der Waals surface area contributed by atoms with Crippen LogP contribution in [0.25, 0.3) is 0 Å². The lowest BCUT2D eigenvalue weighted by Crippen LogP contribution is -2.57. The largest absolute Gasteiger partial charge is 0.424 e. The zero-order chi connectivity index (χ0) is 23.3. The number of hydrogen-bond donors (Lipinski definition) is 5. The average Bonchev–Trinajstić information content (AvgIpc) is 3.30. The van der Waals surface area contributed by atoms with Crippen LogP contribution in [0.2, 0.25) is 5.02 Å². The fourth-order valence-electron chi connectivity index (χ4n) is 4.27. The van der Waals surface area contributed by atoms with Crippen LogP contribution in [0.1, 0.15) is 5.56 Å². The highest BCUT2D eigenvalue weighted by Gasteiger charge is 2.67. The van der Waals surface area contributed by atoms with Gasteiger partial charge in [-0.2, -0.15) is 13.2 Å². The molecule has 0 saturated carbocycles. The van der Waals surface area contributed by atoms with E-state index in [4.69, 9.17) is 21.2 Å². The van der Waals surface area contributed by atoms with Crippen molar-refractivity contribution in [2.24, 2.45) is 10.9 Å². The van der Waals surface area contributed by atoms with Crippen molar-refractivity contribution in [3.05, 3.63) is 47.1 Å². The summed E-state index contributed by atoms with van der Waals surface area (Å²) in [7, 11) is 1.41. The number of halogens is 4. The quantitative estimate of drug-likeness (QED) is 0.395. The normalized spacial score (nSPS) is 34.2. The molecular weight excluding hydrogens is 457 g/mol. The number of rotatable bonds is 4. The topological polar surface area (TPSA) is 119 Å². The number of ether oxygens (including phenoxy) is 1. The number of aliphatic imine (C=N–C) groups is 1. The van der Waals surface area contributed by atoms with Gasteiger partial charge in [0.25, 0.3) is 0 Å². The number of fused-ring (bicyclic) bond motifs is 1. The van der Waals surface area contributed by atoms with Gasteiger partial charge >= 0.3 is 6.18 Å². The molecule has 1 fully saturated rings. The molecule has 0 radical (unpaired) electrons. The number of amidine groups is 1. The van der Waals surface area contributed by atoms with Gasteiger partial charge in [0.2, 0.25) is 5.60 Å². The first-order chi connectivity index (χ1) is 15.1. The summed E-state index contributed by atoms with van der Waals surface area (Å²) in [4.78, 5) is 10.6. The summed E-state index contributed by atoms with van der Waals surface area (Å²) in [5.74, 6) is 0.112. The first-order valence-electron chi connectivity index (χ1n) is 9.69. The van der Waals surface area contributed by atoms with E-state index in [-0.39, 0.29) is 17.6 Å². The number of aliphatic hydroxyl groups is 3. The summed E-state index contributed by atoms with van der Waals surface area (Å²) < 4.78 is 47.9. The van der Waals surface area contributed by atoms with Crippen molar-refractivity contribution in [3.63, 3.8) is 0 Å². The first-order valence-corrected chi connectivity index (χ1v) is 10.1. The Hall–Kier alpha value is -1.93. The van der Waals surface area contributed by atoms with Crippen LogP contribution in [0, 0.1) is 5.92 Å². The summed E-state index contributed by atoms with van der Waals surface area (Å²) in [6.07, 6.45) is -9.90. The number of nitrogens with one attached hydrogen (secondary N) is 2. The van der Waals surface area contributed by atoms with Gasteiger partial charge in [0.15, 0.2) is 6.23 Å². The van der Waals surface area contributed by atoms with Crippen LogP contribution in [0.4, 0.5) is 13.2 Å². The third kappa shape index (κ3) is 3.65. The highest BCUT2D eigenvalue weighted by Crippen LogP contribution is 2.48. The number of benzene rings is 1. The molecule has 176 valence electrons. The van der Waals surface area contributed by atoms with Crippen LogP contribution in [-0.2, 0) is 15.2 Å². The molecule has 32 heavy (non-hydrogen) atoms. The van der Waals surface area contributed by atoms with Gasteiger partial charge in [-0.1, -0.05) is 29.8 Å². The second-order valence-corrected chi connectivity index (χ2v) is 8.11. The maximum absolute atomic E-state index is 14.1. The molecule has 4 rings (SSSR count). The number of hydrogen-bond acceptors (Lipinski definition) is 9. The lowest BCUT2D eigenvalue weighted by Gasteiger charge is -2.39. The number of alkyl halides is 3. The molecule has 0 aliphatic carbocycles. The minimum Gasteiger partial charge on any atom is -0.387 e. The van der Waals surface area contributed by atoms with Gasteiger partial charge in [-0.25, -0.2) is 0 Å². The lowest BCUT2D eigenvalue weighted by atomic mass is 9.84. The van der Waals surface area contributed by atoms with Crippen LogP contribution < -0.4 is 10.8 Å². The van der Waals surface area contributed by atoms with E-state index in [1.807, 2.05) is 0 Å². The Morgan fingerprint density at radius 2 is 1.94 bits per heavy atom. The summed E-state index contributed by atoms with van der Waals surface area (Å²) in [5.41, 5.74) is -1.53. The van der Waals surface area contributed by atoms with Crippen molar-refractivity contribution in [2.45, 2.75) is 42.5 Å². The van der Waals surface area contributed by atoms with E-state index < -0.39 is 48.0 Å². The maximum Gasteiger partial charge on any atom is 0.424 e. The Labute approximate surface area is 186 Å². The third-order valence-electron chi connectivity index (χ3n) is 5.86. The van der Waals surface area contributed by atoms with E-state index in [2.05, 4.69) is 15.8 Å². The molecule has 0 amide bonds. The van der Waals surface area contributed by atoms with Gasteiger partial charge in [-0.3, -0.25) is 20.6 Å². The van der Waals surface area contributed by atoms with Crippen molar-refractivity contribution >= 4 is 17.4 Å². The van der Waals surface area contributed by atoms with Gasteiger partial charge in [0, 0.05) is 11.2 Å². The van der Waals surface area contributed by atoms with E-state index in [1.54, 1.807) is 6.08 Å². The second kappa shape index (κ2) is 8.45. The van der Waals surface area contributed by atoms with Crippen molar-refractivity contribution < 1.29 is 38.1 Å². The minimum absolute atomic E-state index is 0.169. The molecule has 1 aromatic carbocycles. The van der Waals surface area contributed by atoms with Crippen molar-refractivity contribution in [1.82, 2.24) is 15.7 Å². The van der Waals surface area contributed by atoms with Crippen LogP contribution in [0.5, 0.6) is 0 Å². The first kappa shape index (κ1) is 23.2. The van der Waals surface area contributed by atoms with Gasteiger partial charge in [-0.05, 0) is 17.7 Å². The van der Waals surface area contributed by atoms with Crippen LogP contribution >= 0.6 is 11.6 Å². The number of aliphatic hydroxyl groups excluding tert-OH is 2. The molecular formula is C19H22ClF3N4O5. The van der Waals surface area contributed by atoms with Crippen molar-refractivity contribution in [2.75, 3.05) is 13.8 Å². The Bertz CT molecular complexity index is 902.